The molecule has 2 aromatic rings. The van der Waals surface area contributed by atoms with Crippen LogP contribution in [0.2, 0.25) is 0 Å². The number of ether oxygens (including phenoxy) is 2. The Hall–Kier alpha value is -2.50. The van der Waals surface area contributed by atoms with E-state index >= 15 is 0 Å². The molecule has 2 heterocycles. The van der Waals surface area contributed by atoms with Gasteiger partial charge in [-0.1, -0.05) is 0 Å². The maximum Gasteiger partial charge on any atom is 0.323 e. The number of hydrogen-bond acceptors (Lipinski definition) is 4. The Morgan fingerprint density at radius 1 is 1.32 bits per heavy atom. The molecule has 1 aromatic heterocycles. The number of nitrogens with zero attached hydrogens (tertiary/aromatic N) is 2. The third kappa shape index (κ3) is 2.37. The lowest BCUT2D eigenvalue weighted by Crippen LogP contribution is -2.15. The summed E-state index contributed by atoms with van der Waals surface area (Å²) in [5, 5.41) is 8.72. The predicted octanol–water partition coefficient (Wildman–Crippen LogP) is 1.41. The summed E-state index contributed by atoms with van der Waals surface area (Å²) in [5.74, 6) is 0.516. The lowest BCUT2D eigenvalue weighted by molar-refractivity contribution is -0.137. The molecule has 0 atom stereocenters. The highest BCUT2D eigenvalue weighted by atomic mass is 16.6. The number of carbonyl (C=O) groups is 1. The molecule has 0 saturated carbocycles. The second kappa shape index (κ2) is 4.64. The van der Waals surface area contributed by atoms with E-state index in [1.54, 1.807) is 6.20 Å². The second-order valence-electron chi connectivity index (χ2n) is 4.18. The molecule has 1 aliphatic rings. The summed E-state index contributed by atoms with van der Waals surface area (Å²) >= 11 is 0. The minimum atomic E-state index is -0.897. The van der Waals surface area contributed by atoms with Crippen LogP contribution >= 0.6 is 0 Å². The number of fused-ring (bicyclic) bond motifs is 1. The van der Waals surface area contributed by atoms with E-state index in [9.17, 15) is 4.79 Å². The topological polar surface area (TPSA) is 73.6 Å². The molecule has 6 nitrogen and oxygen atoms in total. The maximum atomic E-state index is 10.6. The molecule has 3 rings (SSSR count). The number of aliphatic carboxylic acids is 1. The Kier molecular flexibility index (Phi) is 2.83. The van der Waals surface area contributed by atoms with Crippen LogP contribution in [-0.4, -0.2) is 33.8 Å². The standard InChI is InChI=1S/C13H12N2O4/c16-13(17)7-15-6-10(14-8-15)9-1-2-11-12(5-9)19-4-3-18-11/h1-2,5-6,8H,3-4,7H2,(H,16,17). The average molecular weight is 260 g/mol. The molecule has 1 aliphatic heterocycles. The highest BCUT2D eigenvalue weighted by molar-refractivity contribution is 5.67. The normalized spacial score (nSPS) is 13.3. The van der Waals surface area contributed by atoms with Gasteiger partial charge >= 0.3 is 5.97 Å². The molecule has 0 saturated heterocycles. The largest absolute Gasteiger partial charge is 0.486 e. The highest BCUT2D eigenvalue weighted by Crippen LogP contribution is 2.33. The Morgan fingerprint density at radius 3 is 2.89 bits per heavy atom. The van der Waals surface area contributed by atoms with E-state index in [0.717, 1.165) is 11.3 Å². The molecule has 0 unspecified atom stereocenters. The average Bonchev–Trinajstić information content (AvgIpc) is 2.86. The van der Waals surface area contributed by atoms with Crippen molar-refractivity contribution in [3.8, 4) is 22.8 Å². The summed E-state index contributed by atoms with van der Waals surface area (Å²) in [6, 6.07) is 5.56. The molecule has 0 spiro atoms. The van der Waals surface area contributed by atoms with E-state index < -0.39 is 5.97 Å². The lowest BCUT2D eigenvalue weighted by atomic mass is 10.1. The summed E-state index contributed by atoms with van der Waals surface area (Å²) < 4.78 is 12.5. The van der Waals surface area contributed by atoms with Crippen LogP contribution in [0.25, 0.3) is 11.3 Å². The summed E-state index contributed by atoms with van der Waals surface area (Å²) in [4.78, 5) is 14.8. The first-order chi connectivity index (χ1) is 9.22. The molecule has 98 valence electrons. The van der Waals surface area contributed by atoms with E-state index in [4.69, 9.17) is 14.6 Å². The third-order valence-electron chi connectivity index (χ3n) is 2.79. The molecule has 19 heavy (non-hydrogen) atoms. The number of hydrogen-bond donors (Lipinski definition) is 1. The van der Waals surface area contributed by atoms with Gasteiger partial charge < -0.3 is 19.1 Å². The summed E-state index contributed by atoms with van der Waals surface area (Å²) in [6.07, 6.45) is 3.19. The van der Waals surface area contributed by atoms with Gasteiger partial charge in [0.15, 0.2) is 11.5 Å². The van der Waals surface area contributed by atoms with Crippen molar-refractivity contribution >= 4 is 5.97 Å². The van der Waals surface area contributed by atoms with Gasteiger partial charge in [-0.3, -0.25) is 4.79 Å². The van der Waals surface area contributed by atoms with Crippen LogP contribution in [0.1, 0.15) is 0 Å². The first-order valence-electron chi connectivity index (χ1n) is 5.86. The minimum absolute atomic E-state index is 0.0997. The molecular weight excluding hydrogens is 248 g/mol. The highest BCUT2D eigenvalue weighted by Gasteiger charge is 2.13. The van der Waals surface area contributed by atoms with Crippen LogP contribution in [0, 0.1) is 0 Å². The zero-order chi connectivity index (χ0) is 13.2. The van der Waals surface area contributed by atoms with Crippen LogP contribution in [0.3, 0.4) is 0 Å². The van der Waals surface area contributed by atoms with Gasteiger partial charge in [0.25, 0.3) is 0 Å². The third-order valence-corrected chi connectivity index (χ3v) is 2.79. The van der Waals surface area contributed by atoms with Crippen molar-refractivity contribution in [2.24, 2.45) is 0 Å². The van der Waals surface area contributed by atoms with Crippen molar-refractivity contribution < 1.29 is 19.4 Å². The second-order valence-corrected chi connectivity index (χ2v) is 4.18. The molecule has 0 fully saturated rings. The molecule has 0 bridgehead atoms. The molecule has 1 N–H and O–H groups in total. The van der Waals surface area contributed by atoms with Crippen molar-refractivity contribution in [1.29, 1.82) is 0 Å². The van der Waals surface area contributed by atoms with E-state index in [-0.39, 0.29) is 6.54 Å². The van der Waals surface area contributed by atoms with Crippen LogP contribution in [0.15, 0.2) is 30.7 Å². The fourth-order valence-electron chi connectivity index (χ4n) is 1.95. The number of aromatic nitrogens is 2. The van der Waals surface area contributed by atoms with Gasteiger partial charge in [0.1, 0.15) is 19.8 Å². The number of benzene rings is 1. The smallest absolute Gasteiger partial charge is 0.323 e. The Balaban J connectivity index is 1.89. The van der Waals surface area contributed by atoms with Gasteiger partial charge in [-0.2, -0.15) is 0 Å². The maximum absolute atomic E-state index is 10.6. The van der Waals surface area contributed by atoms with Crippen molar-refractivity contribution in [1.82, 2.24) is 9.55 Å². The lowest BCUT2D eigenvalue weighted by Gasteiger charge is -2.18. The molecule has 0 aliphatic carbocycles. The van der Waals surface area contributed by atoms with E-state index in [0.29, 0.717) is 24.7 Å². The van der Waals surface area contributed by atoms with Crippen LogP contribution in [-0.2, 0) is 11.3 Å². The molecule has 6 heteroatoms. The zero-order valence-corrected chi connectivity index (χ0v) is 10.1. The quantitative estimate of drug-likeness (QED) is 0.903. The van der Waals surface area contributed by atoms with Crippen molar-refractivity contribution in [2.45, 2.75) is 6.54 Å². The van der Waals surface area contributed by atoms with Gasteiger partial charge in [-0.05, 0) is 18.2 Å². The Labute approximate surface area is 109 Å². The monoisotopic (exact) mass is 260 g/mol. The van der Waals surface area contributed by atoms with E-state index in [1.165, 1.54) is 10.9 Å². The number of carboxylic acid groups (broad SMARTS) is 1. The molecule has 0 radical (unpaired) electrons. The van der Waals surface area contributed by atoms with Gasteiger partial charge in [-0.15, -0.1) is 0 Å². The fourth-order valence-corrected chi connectivity index (χ4v) is 1.95. The molecule has 0 amide bonds. The van der Waals surface area contributed by atoms with E-state index in [1.807, 2.05) is 18.2 Å². The molecular formula is C13H12N2O4. The summed E-state index contributed by atoms with van der Waals surface area (Å²) in [5.41, 5.74) is 1.58. The van der Waals surface area contributed by atoms with Gasteiger partial charge in [-0.25, -0.2) is 4.98 Å². The van der Waals surface area contributed by atoms with Crippen molar-refractivity contribution in [3.63, 3.8) is 0 Å². The number of carboxylic acids is 1. The van der Waals surface area contributed by atoms with Crippen LogP contribution in [0.5, 0.6) is 11.5 Å². The predicted molar refractivity (Wildman–Crippen MR) is 66.3 cm³/mol. The molecule has 1 aromatic carbocycles. The summed E-state index contributed by atoms with van der Waals surface area (Å²) in [7, 11) is 0. The van der Waals surface area contributed by atoms with Crippen molar-refractivity contribution in [2.75, 3.05) is 13.2 Å². The van der Waals surface area contributed by atoms with Gasteiger partial charge in [0, 0.05) is 11.8 Å². The number of rotatable bonds is 3. The van der Waals surface area contributed by atoms with Gasteiger partial charge in [0.05, 0.1) is 12.0 Å². The SMILES string of the molecule is O=C(O)Cn1cnc(-c2ccc3c(c2)OCCO3)c1. The minimum Gasteiger partial charge on any atom is -0.486 e. The van der Waals surface area contributed by atoms with Crippen LogP contribution < -0.4 is 9.47 Å². The van der Waals surface area contributed by atoms with Crippen LogP contribution in [0.4, 0.5) is 0 Å². The Morgan fingerprint density at radius 2 is 2.11 bits per heavy atom. The number of imidazole rings is 1. The zero-order valence-electron chi connectivity index (χ0n) is 10.1. The van der Waals surface area contributed by atoms with Gasteiger partial charge in [0.2, 0.25) is 0 Å². The first kappa shape index (κ1) is 11.6. The summed E-state index contributed by atoms with van der Waals surface area (Å²) in [6.45, 7) is 0.987. The first-order valence-corrected chi connectivity index (χ1v) is 5.86. The Bertz CT molecular complexity index is 621. The van der Waals surface area contributed by atoms with Crippen molar-refractivity contribution in [3.05, 3.63) is 30.7 Å². The van der Waals surface area contributed by atoms with E-state index in [2.05, 4.69) is 4.98 Å². The fraction of sp³-hybridized carbons (Fsp3) is 0.231.